The summed E-state index contributed by atoms with van der Waals surface area (Å²) < 4.78 is 0. The molecule has 0 aromatic carbocycles. The first kappa shape index (κ1) is 11.0. The average Bonchev–Trinajstić information content (AvgIpc) is 2.85. The quantitative estimate of drug-likeness (QED) is 0.772. The lowest BCUT2D eigenvalue weighted by molar-refractivity contribution is 0.0785. The molecule has 3 aliphatic rings. The van der Waals surface area contributed by atoms with Crippen molar-refractivity contribution in [2.75, 3.05) is 6.54 Å². The van der Waals surface area contributed by atoms with Crippen molar-refractivity contribution in [2.45, 2.75) is 76.5 Å². The number of hydrogen-bond acceptors (Lipinski definition) is 2. The van der Waals surface area contributed by atoms with E-state index in [2.05, 4.69) is 24.1 Å². The fraction of sp³-hybridized carbons (Fsp3) is 1.00. The van der Waals surface area contributed by atoms with E-state index in [0.717, 1.165) is 30.1 Å². The number of rotatable bonds is 2. The van der Waals surface area contributed by atoms with Gasteiger partial charge in [0.05, 0.1) is 0 Å². The number of likely N-dealkylation sites (tertiary alicyclic amines) is 1. The summed E-state index contributed by atoms with van der Waals surface area (Å²) in [5, 5.41) is 3.77. The zero-order valence-electron chi connectivity index (χ0n) is 10.8. The van der Waals surface area contributed by atoms with Crippen LogP contribution < -0.4 is 5.32 Å². The molecule has 5 unspecified atom stereocenters. The van der Waals surface area contributed by atoms with Crippen LogP contribution in [0.5, 0.6) is 0 Å². The van der Waals surface area contributed by atoms with Gasteiger partial charge in [0.2, 0.25) is 0 Å². The zero-order chi connectivity index (χ0) is 11.1. The van der Waals surface area contributed by atoms with Crippen LogP contribution in [0.3, 0.4) is 0 Å². The minimum Gasteiger partial charge on any atom is -0.311 e. The van der Waals surface area contributed by atoms with Crippen LogP contribution in [0.15, 0.2) is 0 Å². The van der Waals surface area contributed by atoms with Crippen molar-refractivity contribution in [1.82, 2.24) is 10.2 Å². The van der Waals surface area contributed by atoms with Crippen LogP contribution in [0, 0.1) is 5.92 Å². The van der Waals surface area contributed by atoms with E-state index in [4.69, 9.17) is 0 Å². The summed E-state index contributed by atoms with van der Waals surface area (Å²) in [4.78, 5) is 2.79. The molecule has 3 heterocycles. The summed E-state index contributed by atoms with van der Waals surface area (Å²) in [6.07, 6.45) is 8.59. The predicted molar refractivity (Wildman–Crippen MR) is 67.5 cm³/mol. The highest BCUT2D eigenvalue weighted by atomic mass is 15.2. The van der Waals surface area contributed by atoms with E-state index in [9.17, 15) is 0 Å². The molecule has 0 radical (unpaired) electrons. The van der Waals surface area contributed by atoms with Crippen LogP contribution in [0.1, 0.15) is 52.4 Å². The third-order valence-electron chi connectivity index (χ3n) is 5.25. The molecule has 0 amide bonds. The Hall–Kier alpha value is -0.0800. The van der Waals surface area contributed by atoms with Gasteiger partial charge in [0.15, 0.2) is 0 Å². The molecule has 1 N–H and O–H groups in total. The predicted octanol–water partition coefficient (Wildman–Crippen LogP) is 2.39. The lowest BCUT2D eigenvalue weighted by atomic mass is 9.87. The van der Waals surface area contributed by atoms with Gasteiger partial charge in [-0.3, -0.25) is 4.90 Å². The molecule has 0 spiro atoms. The normalized spacial score (nSPS) is 48.8. The molecule has 0 aliphatic carbocycles. The molecule has 92 valence electrons. The smallest absolute Gasteiger partial charge is 0.0111 e. The van der Waals surface area contributed by atoms with Gasteiger partial charge in [0, 0.05) is 30.7 Å². The number of nitrogens with one attached hydrogen (secondary N) is 1. The maximum Gasteiger partial charge on any atom is 0.0111 e. The van der Waals surface area contributed by atoms with E-state index < -0.39 is 0 Å². The lowest BCUT2D eigenvalue weighted by Gasteiger charge is -2.41. The highest BCUT2D eigenvalue weighted by Gasteiger charge is 2.40. The van der Waals surface area contributed by atoms with E-state index in [1.54, 1.807) is 0 Å². The van der Waals surface area contributed by atoms with E-state index in [-0.39, 0.29) is 0 Å². The Bertz CT molecular complexity index is 243. The van der Waals surface area contributed by atoms with Gasteiger partial charge in [0.1, 0.15) is 0 Å². The van der Waals surface area contributed by atoms with Gasteiger partial charge >= 0.3 is 0 Å². The van der Waals surface area contributed by atoms with Crippen molar-refractivity contribution in [2.24, 2.45) is 5.92 Å². The summed E-state index contributed by atoms with van der Waals surface area (Å²) in [6.45, 7) is 6.21. The first-order valence-corrected chi connectivity index (χ1v) is 7.26. The zero-order valence-corrected chi connectivity index (χ0v) is 10.8. The van der Waals surface area contributed by atoms with Crippen LogP contribution in [0.2, 0.25) is 0 Å². The second kappa shape index (κ2) is 4.30. The number of nitrogens with zero attached hydrogens (tertiary/aromatic N) is 1. The number of piperidine rings is 1. The number of hydrogen-bond donors (Lipinski definition) is 1. The Balaban J connectivity index is 1.60. The van der Waals surface area contributed by atoms with Crippen LogP contribution in [0.4, 0.5) is 0 Å². The molecule has 3 aliphatic heterocycles. The van der Waals surface area contributed by atoms with E-state index in [1.165, 1.54) is 45.1 Å². The van der Waals surface area contributed by atoms with Crippen molar-refractivity contribution in [3.05, 3.63) is 0 Å². The Labute approximate surface area is 99.8 Å². The Morgan fingerprint density at radius 3 is 2.38 bits per heavy atom. The van der Waals surface area contributed by atoms with E-state index in [1.807, 2.05) is 0 Å². The highest BCUT2D eigenvalue weighted by molar-refractivity contribution is 4.99. The molecule has 5 atom stereocenters. The molecule has 2 heteroatoms. The fourth-order valence-electron chi connectivity index (χ4n) is 4.24. The van der Waals surface area contributed by atoms with Gasteiger partial charge < -0.3 is 5.32 Å². The van der Waals surface area contributed by atoms with Gasteiger partial charge in [-0.25, -0.2) is 0 Å². The maximum atomic E-state index is 3.77. The summed E-state index contributed by atoms with van der Waals surface area (Å²) in [5.41, 5.74) is 0. The first-order valence-electron chi connectivity index (χ1n) is 7.26. The standard InChI is InChI=1S/C14H26N2/c1-10-4-3-5-11(2)16(10)9-12-8-13-6-7-14(12)15-13/h10-15H,3-9H2,1-2H3. The molecule has 16 heavy (non-hydrogen) atoms. The molecule has 0 aromatic rings. The topological polar surface area (TPSA) is 15.3 Å². The summed E-state index contributed by atoms with van der Waals surface area (Å²) in [6, 6.07) is 3.36. The molecule has 0 aromatic heterocycles. The molecule has 2 nitrogen and oxygen atoms in total. The second-order valence-electron chi connectivity index (χ2n) is 6.37. The van der Waals surface area contributed by atoms with E-state index in [0.29, 0.717) is 0 Å². The van der Waals surface area contributed by atoms with Crippen molar-refractivity contribution in [1.29, 1.82) is 0 Å². The van der Waals surface area contributed by atoms with Crippen molar-refractivity contribution >= 4 is 0 Å². The lowest BCUT2D eigenvalue weighted by Crippen LogP contribution is -2.47. The minimum atomic E-state index is 0.822. The Morgan fingerprint density at radius 2 is 1.81 bits per heavy atom. The fourth-order valence-corrected chi connectivity index (χ4v) is 4.24. The SMILES string of the molecule is CC1CCCC(C)N1CC1CC2CCC1N2. The van der Waals surface area contributed by atoms with Crippen molar-refractivity contribution in [3.63, 3.8) is 0 Å². The van der Waals surface area contributed by atoms with Gasteiger partial charge in [-0.15, -0.1) is 0 Å². The van der Waals surface area contributed by atoms with Crippen molar-refractivity contribution in [3.8, 4) is 0 Å². The van der Waals surface area contributed by atoms with Gasteiger partial charge in [-0.05, 0) is 51.9 Å². The first-order chi connectivity index (χ1) is 7.74. The third kappa shape index (κ3) is 1.91. The van der Waals surface area contributed by atoms with Gasteiger partial charge in [0.25, 0.3) is 0 Å². The molecular formula is C14H26N2. The minimum absolute atomic E-state index is 0.822. The molecule has 2 bridgehead atoms. The van der Waals surface area contributed by atoms with E-state index >= 15 is 0 Å². The molecule has 3 fully saturated rings. The largest absolute Gasteiger partial charge is 0.311 e. The van der Waals surface area contributed by atoms with Crippen LogP contribution in [0.25, 0.3) is 0 Å². The molecule has 3 rings (SSSR count). The highest BCUT2D eigenvalue weighted by Crippen LogP contribution is 2.35. The molecule has 3 saturated heterocycles. The third-order valence-corrected chi connectivity index (χ3v) is 5.25. The van der Waals surface area contributed by atoms with Crippen LogP contribution in [-0.2, 0) is 0 Å². The Morgan fingerprint density at radius 1 is 1.06 bits per heavy atom. The van der Waals surface area contributed by atoms with Crippen LogP contribution >= 0.6 is 0 Å². The maximum absolute atomic E-state index is 3.77. The number of fused-ring (bicyclic) bond motifs is 2. The van der Waals surface area contributed by atoms with Gasteiger partial charge in [-0.1, -0.05) is 6.42 Å². The van der Waals surface area contributed by atoms with Crippen molar-refractivity contribution < 1.29 is 0 Å². The monoisotopic (exact) mass is 222 g/mol. The second-order valence-corrected chi connectivity index (χ2v) is 6.37. The molecular weight excluding hydrogens is 196 g/mol. The summed E-state index contributed by atoms with van der Waals surface area (Å²) >= 11 is 0. The van der Waals surface area contributed by atoms with Crippen LogP contribution in [-0.4, -0.2) is 35.6 Å². The molecule has 0 saturated carbocycles. The summed E-state index contributed by atoms with van der Waals surface area (Å²) in [7, 11) is 0. The Kier molecular flexibility index (Phi) is 2.97. The van der Waals surface area contributed by atoms with Gasteiger partial charge in [-0.2, -0.15) is 0 Å². The summed E-state index contributed by atoms with van der Waals surface area (Å²) in [5.74, 6) is 0.946. The average molecular weight is 222 g/mol.